The van der Waals surface area contributed by atoms with Crippen LogP contribution in [-0.4, -0.2) is 66.9 Å². The van der Waals surface area contributed by atoms with Gasteiger partial charge >= 0.3 is 0 Å². The summed E-state index contributed by atoms with van der Waals surface area (Å²) in [5.41, 5.74) is 9.55. The molecule has 1 amide bonds. The summed E-state index contributed by atoms with van der Waals surface area (Å²) in [6, 6.07) is 16.1. The number of carbonyl (C=O) groups is 1. The van der Waals surface area contributed by atoms with Crippen LogP contribution in [0.25, 0.3) is 0 Å². The summed E-state index contributed by atoms with van der Waals surface area (Å²) in [5.74, 6) is 0.0978. The minimum absolute atomic E-state index is 0.0978. The van der Waals surface area contributed by atoms with E-state index in [4.69, 9.17) is 5.73 Å². The van der Waals surface area contributed by atoms with Crippen molar-refractivity contribution in [1.29, 1.82) is 0 Å². The van der Waals surface area contributed by atoms with Gasteiger partial charge in [-0.25, -0.2) is 0 Å². The van der Waals surface area contributed by atoms with Gasteiger partial charge in [0.05, 0.1) is 0 Å². The molecule has 5 heteroatoms. The average molecular weight is 367 g/mol. The Morgan fingerprint density at radius 1 is 1.07 bits per heavy atom. The largest absolute Gasteiger partial charge is 0.399 e. The minimum Gasteiger partial charge on any atom is -0.399 e. The van der Waals surface area contributed by atoms with E-state index < -0.39 is 0 Å². The molecule has 5 nitrogen and oxygen atoms in total. The van der Waals surface area contributed by atoms with Crippen molar-refractivity contribution < 1.29 is 4.79 Å². The summed E-state index contributed by atoms with van der Waals surface area (Å²) in [5, 5.41) is 0. The summed E-state index contributed by atoms with van der Waals surface area (Å²) < 4.78 is 0. The lowest BCUT2D eigenvalue weighted by Crippen LogP contribution is -2.50. The van der Waals surface area contributed by atoms with Crippen LogP contribution in [0.2, 0.25) is 0 Å². The highest BCUT2D eigenvalue weighted by Gasteiger charge is 2.23. The first-order valence-electron chi connectivity index (χ1n) is 9.63. The van der Waals surface area contributed by atoms with E-state index in [1.54, 1.807) is 6.07 Å². The van der Waals surface area contributed by atoms with E-state index in [0.717, 1.165) is 56.9 Å². The lowest BCUT2D eigenvalue weighted by Gasteiger charge is -2.35. The van der Waals surface area contributed by atoms with Crippen molar-refractivity contribution >= 4 is 11.6 Å². The third-order valence-corrected chi connectivity index (χ3v) is 5.24. The van der Waals surface area contributed by atoms with Gasteiger partial charge in [-0.2, -0.15) is 0 Å². The summed E-state index contributed by atoms with van der Waals surface area (Å²) >= 11 is 0. The predicted octanol–water partition coefficient (Wildman–Crippen LogP) is 2.47. The first kappa shape index (κ1) is 19.4. The highest BCUT2D eigenvalue weighted by atomic mass is 16.2. The number of rotatable bonds is 6. The molecule has 1 aliphatic rings. The third-order valence-electron chi connectivity index (χ3n) is 5.24. The Hall–Kier alpha value is -2.37. The molecule has 2 aromatic rings. The predicted molar refractivity (Wildman–Crippen MR) is 111 cm³/mol. The molecule has 1 heterocycles. The quantitative estimate of drug-likeness (QED) is 0.798. The summed E-state index contributed by atoms with van der Waals surface area (Å²) in [6.07, 6.45) is 0. The summed E-state index contributed by atoms with van der Waals surface area (Å²) in [6.45, 7) is 8.38. The van der Waals surface area contributed by atoms with E-state index in [0.29, 0.717) is 5.69 Å². The molecule has 0 aliphatic carbocycles. The molecule has 27 heavy (non-hydrogen) atoms. The molecular formula is C22H30N4O. The molecule has 0 unspecified atom stereocenters. The molecule has 1 saturated heterocycles. The van der Waals surface area contributed by atoms with Gasteiger partial charge in [0.1, 0.15) is 0 Å². The van der Waals surface area contributed by atoms with E-state index in [2.05, 4.69) is 47.2 Å². The molecule has 0 bridgehead atoms. The molecule has 0 saturated carbocycles. The van der Waals surface area contributed by atoms with Gasteiger partial charge in [-0.15, -0.1) is 0 Å². The number of nitrogens with two attached hydrogens (primary N) is 1. The van der Waals surface area contributed by atoms with Crippen LogP contribution >= 0.6 is 0 Å². The van der Waals surface area contributed by atoms with E-state index in [1.807, 2.05) is 24.0 Å². The fourth-order valence-corrected chi connectivity index (χ4v) is 3.50. The zero-order valence-electron chi connectivity index (χ0n) is 16.4. The second-order valence-electron chi connectivity index (χ2n) is 7.43. The molecule has 0 aromatic heterocycles. The van der Waals surface area contributed by atoms with Crippen LogP contribution in [0.4, 0.5) is 5.69 Å². The van der Waals surface area contributed by atoms with Crippen LogP contribution in [-0.2, 0) is 6.54 Å². The number of nitrogens with zero attached hydrogens (tertiary/aromatic N) is 3. The van der Waals surface area contributed by atoms with E-state index in [9.17, 15) is 4.79 Å². The van der Waals surface area contributed by atoms with Gasteiger partial charge in [0.2, 0.25) is 0 Å². The Bertz CT molecular complexity index is 754. The van der Waals surface area contributed by atoms with Gasteiger partial charge in [0.15, 0.2) is 0 Å². The van der Waals surface area contributed by atoms with Gasteiger partial charge < -0.3 is 15.5 Å². The summed E-state index contributed by atoms with van der Waals surface area (Å²) in [7, 11) is 2.16. The number of carbonyl (C=O) groups excluding carboxylic acids is 1. The molecule has 1 aliphatic heterocycles. The third kappa shape index (κ3) is 5.31. The number of likely N-dealkylation sites (N-methyl/N-ethyl adjacent to an activating group) is 1. The maximum Gasteiger partial charge on any atom is 0.254 e. The minimum atomic E-state index is 0.0978. The molecule has 0 spiro atoms. The van der Waals surface area contributed by atoms with E-state index >= 15 is 0 Å². The Labute approximate surface area is 162 Å². The van der Waals surface area contributed by atoms with Crippen LogP contribution < -0.4 is 5.73 Å². The fourth-order valence-electron chi connectivity index (χ4n) is 3.50. The van der Waals surface area contributed by atoms with Crippen molar-refractivity contribution in [3.8, 4) is 0 Å². The van der Waals surface area contributed by atoms with Crippen LogP contribution in [0.15, 0.2) is 48.5 Å². The van der Waals surface area contributed by atoms with E-state index in [1.165, 1.54) is 5.56 Å². The van der Waals surface area contributed by atoms with Crippen LogP contribution in [0, 0.1) is 6.92 Å². The molecule has 0 atom stereocenters. The zero-order chi connectivity index (χ0) is 19.2. The smallest absolute Gasteiger partial charge is 0.254 e. The Kier molecular flexibility index (Phi) is 6.48. The first-order valence-corrected chi connectivity index (χ1v) is 9.63. The maximum absolute atomic E-state index is 12.8. The molecule has 1 fully saturated rings. The number of nitrogen functional groups attached to an aromatic ring is 1. The van der Waals surface area contributed by atoms with Gasteiger partial charge in [-0.05, 0) is 37.2 Å². The normalized spacial score (nSPS) is 15.3. The van der Waals surface area contributed by atoms with Gasteiger partial charge in [-0.3, -0.25) is 9.69 Å². The average Bonchev–Trinajstić information content (AvgIpc) is 2.69. The van der Waals surface area contributed by atoms with Gasteiger partial charge in [-0.1, -0.05) is 36.4 Å². The molecule has 2 aromatic carbocycles. The number of piperazine rings is 1. The van der Waals surface area contributed by atoms with Crippen LogP contribution in [0.1, 0.15) is 21.5 Å². The molecular weight excluding hydrogens is 336 g/mol. The van der Waals surface area contributed by atoms with Crippen molar-refractivity contribution in [2.24, 2.45) is 0 Å². The monoisotopic (exact) mass is 366 g/mol. The number of hydrogen-bond acceptors (Lipinski definition) is 4. The SMILES string of the molecule is Cc1ccc(N)cc1C(=O)N1CCN(CCN(C)Cc2ccccc2)CC1. The number of aryl methyl sites for hydroxylation is 1. The maximum atomic E-state index is 12.8. The lowest BCUT2D eigenvalue weighted by molar-refractivity contribution is 0.0625. The highest BCUT2D eigenvalue weighted by Crippen LogP contribution is 2.16. The van der Waals surface area contributed by atoms with Gasteiger partial charge in [0, 0.05) is 57.1 Å². The van der Waals surface area contributed by atoms with Crippen molar-refractivity contribution in [3.05, 3.63) is 65.2 Å². The number of anilines is 1. The standard InChI is InChI=1S/C22H30N4O/c1-18-8-9-20(23)16-21(18)22(27)26-14-12-25(13-15-26)11-10-24(2)17-19-6-4-3-5-7-19/h3-9,16H,10-15,17,23H2,1-2H3. The second-order valence-corrected chi connectivity index (χ2v) is 7.43. The van der Waals surface area contributed by atoms with Crippen molar-refractivity contribution in [1.82, 2.24) is 14.7 Å². The number of hydrogen-bond donors (Lipinski definition) is 1. The van der Waals surface area contributed by atoms with Crippen molar-refractivity contribution in [3.63, 3.8) is 0 Å². The Morgan fingerprint density at radius 3 is 2.48 bits per heavy atom. The number of amides is 1. The Morgan fingerprint density at radius 2 is 1.78 bits per heavy atom. The van der Waals surface area contributed by atoms with Crippen molar-refractivity contribution in [2.45, 2.75) is 13.5 Å². The molecule has 2 N–H and O–H groups in total. The number of benzene rings is 2. The molecule has 0 radical (unpaired) electrons. The molecule has 3 rings (SSSR count). The molecule has 144 valence electrons. The fraction of sp³-hybridized carbons (Fsp3) is 0.409. The second kappa shape index (κ2) is 9.02. The lowest BCUT2D eigenvalue weighted by atomic mass is 10.1. The van der Waals surface area contributed by atoms with Crippen molar-refractivity contribution in [2.75, 3.05) is 52.0 Å². The highest BCUT2D eigenvalue weighted by molar-refractivity contribution is 5.96. The topological polar surface area (TPSA) is 52.8 Å². The first-order chi connectivity index (χ1) is 13.0. The van der Waals surface area contributed by atoms with Crippen LogP contribution in [0.5, 0.6) is 0 Å². The Balaban J connectivity index is 1.45. The zero-order valence-corrected chi connectivity index (χ0v) is 16.4. The van der Waals surface area contributed by atoms with Gasteiger partial charge in [0.25, 0.3) is 5.91 Å². The van der Waals surface area contributed by atoms with E-state index in [-0.39, 0.29) is 5.91 Å². The van der Waals surface area contributed by atoms with Crippen LogP contribution in [0.3, 0.4) is 0 Å². The summed E-state index contributed by atoms with van der Waals surface area (Å²) in [4.78, 5) is 19.5.